The lowest BCUT2D eigenvalue weighted by atomic mass is 9.97. The van der Waals surface area contributed by atoms with Gasteiger partial charge in [-0.3, -0.25) is 9.59 Å². The van der Waals surface area contributed by atoms with Gasteiger partial charge < -0.3 is 13.9 Å². The standard InChI is InChI=1S/C18H16O5/c1-18(2,3)17(20)22-12-6-7-13-14(10-12)23-15(16(13)19)9-11-5-4-8-21-11/h4-10H,1-3H3/b15-9+. The van der Waals surface area contributed by atoms with Crippen LogP contribution in [0.25, 0.3) is 6.08 Å². The van der Waals surface area contributed by atoms with Gasteiger partial charge in [0, 0.05) is 12.1 Å². The van der Waals surface area contributed by atoms with Crippen molar-refractivity contribution in [1.82, 2.24) is 0 Å². The number of allylic oxidation sites excluding steroid dienone is 1. The molecule has 0 fully saturated rings. The number of furan rings is 1. The van der Waals surface area contributed by atoms with Gasteiger partial charge in [0.1, 0.15) is 17.3 Å². The molecule has 5 heteroatoms. The second-order valence-electron chi connectivity index (χ2n) is 6.25. The zero-order valence-corrected chi connectivity index (χ0v) is 13.1. The summed E-state index contributed by atoms with van der Waals surface area (Å²) in [5.74, 6) is 0.829. The van der Waals surface area contributed by atoms with Crippen molar-refractivity contribution in [1.29, 1.82) is 0 Å². The van der Waals surface area contributed by atoms with Gasteiger partial charge in [0.25, 0.3) is 0 Å². The molecule has 3 rings (SSSR count). The van der Waals surface area contributed by atoms with Crippen LogP contribution < -0.4 is 9.47 Å². The van der Waals surface area contributed by atoms with Gasteiger partial charge in [-0.05, 0) is 45.0 Å². The smallest absolute Gasteiger partial charge is 0.316 e. The first-order valence-electron chi connectivity index (χ1n) is 7.19. The number of rotatable bonds is 2. The van der Waals surface area contributed by atoms with Crippen LogP contribution in [0, 0.1) is 5.41 Å². The first kappa shape index (κ1) is 15.1. The number of carbonyl (C=O) groups is 2. The van der Waals surface area contributed by atoms with E-state index >= 15 is 0 Å². The quantitative estimate of drug-likeness (QED) is 0.479. The first-order chi connectivity index (χ1) is 10.8. The van der Waals surface area contributed by atoms with E-state index in [0.717, 1.165) is 0 Å². The Balaban J connectivity index is 1.84. The molecule has 0 amide bonds. The Labute approximate surface area is 133 Å². The highest BCUT2D eigenvalue weighted by molar-refractivity contribution is 6.14. The van der Waals surface area contributed by atoms with Gasteiger partial charge in [-0.25, -0.2) is 0 Å². The molecule has 0 unspecified atom stereocenters. The second-order valence-corrected chi connectivity index (χ2v) is 6.25. The van der Waals surface area contributed by atoms with Crippen LogP contribution in [0.15, 0.2) is 46.8 Å². The van der Waals surface area contributed by atoms with Gasteiger partial charge in [-0.15, -0.1) is 0 Å². The van der Waals surface area contributed by atoms with Crippen molar-refractivity contribution in [2.24, 2.45) is 5.41 Å². The Kier molecular flexibility index (Phi) is 3.56. The summed E-state index contributed by atoms with van der Waals surface area (Å²) in [5.41, 5.74) is -0.182. The molecule has 1 aromatic carbocycles. The van der Waals surface area contributed by atoms with E-state index in [0.29, 0.717) is 22.8 Å². The minimum absolute atomic E-state index is 0.175. The highest BCUT2D eigenvalue weighted by atomic mass is 16.5. The Morgan fingerprint density at radius 2 is 2.00 bits per heavy atom. The number of ketones is 1. The summed E-state index contributed by atoms with van der Waals surface area (Å²) in [7, 11) is 0. The van der Waals surface area contributed by atoms with E-state index in [1.54, 1.807) is 51.1 Å². The summed E-state index contributed by atoms with van der Waals surface area (Å²) in [6.07, 6.45) is 3.05. The van der Waals surface area contributed by atoms with E-state index < -0.39 is 5.41 Å². The van der Waals surface area contributed by atoms with Crippen LogP contribution in [-0.4, -0.2) is 11.8 Å². The Morgan fingerprint density at radius 3 is 2.65 bits per heavy atom. The second kappa shape index (κ2) is 5.43. The molecule has 0 saturated carbocycles. The summed E-state index contributed by atoms with van der Waals surface area (Å²) >= 11 is 0. The van der Waals surface area contributed by atoms with Crippen molar-refractivity contribution in [3.8, 4) is 11.5 Å². The van der Waals surface area contributed by atoms with E-state index in [1.807, 2.05) is 0 Å². The van der Waals surface area contributed by atoms with Crippen LogP contribution >= 0.6 is 0 Å². The molecule has 0 bridgehead atoms. The molecule has 0 N–H and O–H groups in total. The van der Waals surface area contributed by atoms with Crippen LogP contribution in [0.5, 0.6) is 11.5 Å². The van der Waals surface area contributed by atoms with Crippen molar-refractivity contribution in [3.05, 3.63) is 53.7 Å². The summed E-state index contributed by atoms with van der Waals surface area (Å²) in [6.45, 7) is 5.31. The molecule has 0 spiro atoms. The zero-order chi connectivity index (χ0) is 16.6. The maximum atomic E-state index is 12.3. The average molecular weight is 312 g/mol. The number of carbonyl (C=O) groups excluding carboxylic acids is 2. The van der Waals surface area contributed by atoms with Crippen molar-refractivity contribution in [2.75, 3.05) is 0 Å². The number of benzene rings is 1. The molecule has 0 atom stereocenters. The van der Waals surface area contributed by atoms with Crippen molar-refractivity contribution in [3.63, 3.8) is 0 Å². The summed E-state index contributed by atoms with van der Waals surface area (Å²) in [4.78, 5) is 24.2. The van der Waals surface area contributed by atoms with Gasteiger partial charge in [0.2, 0.25) is 5.78 Å². The molecule has 0 radical (unpaired) electrons. The van der Waals surface area contributed by atoms with Gasteiger partial charge in [-0.2, -0.15) is 0 Å². The molecule has 1 aromatic heterocycles. The minimum atomic E-state index is -0.611. The van der Waals surface area contributed by atoms with Crippen LogP contribution in [-0.2, 0) is 4.79 Å². The SMILES string of the molecule is CC(C)(C)C(=O)Oc1ccc2c(c1)O/C(=C/c1ccco1)C2=O. The predicted molar refractivity (Wildman–Crippen MR) is 83.2 cm³/mol. The molecule has 0 aliphatic carbocycles. The fraction of sp³-hybridized carbons (Fsp3) is 0.222. The largest absolute Gasteiger partial charge is 0.465 e. The molecule has 23 heavy (non-hydrogen) atoms. The van der Waals surface area contributed by atoms with E-state index in [-0.39, 0.29) is 17.5 Å². The number of fused-ring (bicyclic) bond motifs is 1. The van der Waals surface area contributed by atoms with E-state index in [2.05, 4.69) is 0 Å². The van der Waals surface area contributed by atoms with Crippen LogP contribution in [0.2, 0.25) is 0 Å². The molecule has 0 saturated heterocycles. The molecule has 118 valence electrons. The molecule has 5 nitrogen and oxygen atoms in total. The van der Waals surface area contributed by atoms with Crippen molar-refractivity contribution >= 4 is 17.8 Å². The average Bonchev–Trinajstić information content (AvgIpc) is 3.07. The Hall–Kier alpha value is -2.82. The van der Waals surface area contributed by atoms with Gasteiger partial charge in [-0.1, -0.05) is 0 Å². The predicted octanol–water partition coefficient (Wildman–Crippen LogP) is 3.85. The molecular weight excluding hydrogens is 296 g/mol. The fourth-order valence-electron chi connectivity index (χ4n) is 1.99. The molecule has 2 aromatic rings. The van der Waals surface area contributed by atoms with Gasteiger partial charge in [0.05, 0.1) is 17.2 Å². The number of ether oxygens (including phenoxy) is 2. The summed E-state index contributed by atoms with van der Waals surface area (Å²) in [5, 5.41) is 0. The maximum absolute atomic E-state index is 12.3. The molecule has 2 heterocycles. The van der Waals surface area contributed by atoms with E-state index in [4.69, 9.17) is 13.9 Å². The molecule has 1 aliphatic rings. The summed E-state index contributed by atoms with van der Waals surface area (Å²) < 4.78 is 16.1. The third-order valence-electron chi connectivity index (χ3n) is 3.28. The number of Topliss-reactive ketones (excluding diaryl/α,β-unsaturated/α-hetero) is 1. The summed E-state index contributed by atoms with van der Waals surface area (Å²) in [6, 6.07) is 8.16. The van der Waals surface area contributed by atoms with E-state index in [9.17, 15) is 9.59 Å². The van der Waals surface area contributed by atoms with E-state index in [1.165, 1.54) is 12.3 Å². The number of hydrogen-bond donors (Lipinski definition) is 0. The highest BCUT2D eigenvalue weighted by Crippen LogP contribution is 2.35. The minimum Gasteiger partial charge on any atom is -0.465 e. The van der Waals surface area contributed by atoms with Gasteiger partial charge in [0.15, 0.2) is 5.76 Å². The van der Waals surface area contributed by atoms with Crippen LogP contribution in [0.1, 0.15) is 36.9 Å². The lowest BCUT2D eigenvalue weighted by Crippen LogP contribution is -2.25. The monoisotopic (exact) mass is 312 g/mol. The fourth-order valence-corrected chi connectivity index (χ4v) is 1.99. The van der Waals surface area contributed by atoms with Crippen molar-refractivity contribution < 1.29 is 23.5 Å². The lowest BCUT2D eigenvalue weighted by Gasteiger charge is -2.16. The van der Waals surface area contributed by atoms with Crippen LogP contribution in [0.4, 0.5) is 0 Å². The normalized spacial score (nSPS) is 15.4. The maximum Gasteiger partial charge on any atom is 0.316 e. The Morgan fingerprint density at radius 1 is 1.22 bits per heavy atom. The lowest BCUT2D eigenvalue weighted by molar-refractivity contribution is -0.142. The third-order valence-corrected chi connectivity index (χ3v) is 3.28. The van der Waals surface area contributed by atoms with Crippen LogP contribution in [0.3, 0.4) is 0 Å². The highest BCUT2D eigenvalue weighted by Gasteiger charge is 2.29. The number of hydrogen-bond acceptors (Lipinski definition) is 5. The molecule has 1 aliphatic heterocycles. The third kappa shape index (κ3) is 3.04. The topological polar surface area (TPSA) is 65.7 Å². The first-order valence-corrected chi connectivity index (χ1v) is 7.19. The number of esters is 1. The Bertz CT molecular complexity index is 791. The molecular formula is C18H16O5. The zero-order valence-electron chi connectivity index (χ0n) is 13.1. The van der Waals surface area contributed by atoms with Crippen molar-refractivity contribution in [2.45, 2.75) is 20.8 Å². The van der Waals surface area contributed by atoms with Gasteiger partial charge >= 0.3 is 5.97 Å².